The Morgan fingerprint density at radius 1 is 1.44 bits per heavy atom. The molecule has 0 bridgehead atoms. The van der Waals surface area contributed by atoms with Crippen molar-refractivity contribution < 1.29 is 0 Å². The Bertz CT molecular complexity index is 406. The van der Waals surface area contributed by atoms with Crippen molar-refractivity contribution in [1.29, 1.82) is 0 Å². The number of aromatic nitrogens is 2. The molecular weight excluding hydrogens is 228 g/mol. The SMILES string of the molecule is CC(C)(C)Nc1ncc(N)c(NC2CCNC2)n1. The molecule has 0 aromatic carbocycles. The van der Waals surface area contributed by atoms with Crippen LogP contribution in [0.4, 0.5) is 17.5 Å². The highest BCUT2D eigenvalue weighted by Crippen LogP contribution is 2.19. The van der Waals surface area contributed by atoms with Crippen LogP contribution in [0.15, 0.2) is 6.20 Å². The van der Waals surface area contributed by atoms with Gasteiger partial charge in [-0.2, -0.15) is 4.98 Å². The van der Waals surface area contributed by atoms with E-state index in [2.05, 4.69) is 46.7 Å². The van der Waals surface area contributed by atoms with Crippen LogP contribution in [-0.2, 0) is 0 Å². The number of nitrogen functional groups attached to an aromatic ring is 1. The minimum atomic E-state index is -0.0672. The molecule has 1 aromatic heterocycles. The summed E-state index contributed by atoms with van der Waals surface area (Å²) < 4.78 is 0. The highest BCUT2D eigenvalue weighted by Gasteiger charge is 2.17. The summed E-state index contributed by atoms with van der Waals surface area (Å²) in [4.78, 5) is 8.63. The van der Waals surface area contributed by atoms with Gasteiger partial charge >= 0.3 is 0 Å². The van der Waals surface area contributed by atoms with Crippen LogP contribution in [0.2, 0.25) is 0 Å². The standard InChI is InChI=1S/C12H22N6/c1-12(2,3)18-11-15-7-9(13)10(17-11)16-8-4-5-14-6-8/h7-8,14H,4-6,13H2,1-3H3,(H2,15,16,17,18). The van der Waals surface area contributed by atoms with Crippen LogP contribution in [0.25, 0.3) is 0 Å². The zero-order valence-electron chi connectivity index (χ0n) is 11.2. The molecule has 0 spiro atoms. The molecule has 2 heterocycles. The Balaban J connectivity index is 2.10. The predicted octanol–water partition coefficient (Wildman–Crippen LogP) is 1.04. The number of rotatable bonds is 3. The molecule has 0 radical (unpaired) electrons. The largest absolute Gasteiger partial charge is 0.394 e. The normalized spacial score (nSPS) is 19.8. The van der Waals surface area contributed by atoms with Crippen molar-refractivity contribution >= 4 is 17.5 Å². The van der Waals surface area contributed by atoms with E-state index in [1.54, 1.807) is 6.20 Å². The maximum Gasteiger partial charge on any atom is 0.225 e. The van der Waals surface area contributed by atoms with Crippen molar-refractivity contribution in [2.45, 2.75) is 38.8 Å². The molecule has 5 N–H and O–H groups in total. The van der Waals surface area contributed by atoms with Gasteiger partial charge in [-0.05, 0) is 33.7 Å². The summed E-state index contributed by atoms with van der Waals surface area (Å²) >= 11 is 0. The van der Waals surface area contributed by atoms with Gasteiger partial charge in [0.2, 0.25) is 5.95 Å². The lowest BCUT2D eigenvalue weighted by Gasteiger charge is -2.21. The topological polar surface area (TPSA) is 87.9 Å². The van der Waals surface area contributed by atoms with Crippen LogP contribution in [0, 0.1) is 0 Å². The first-order chi connectivity index (χ1) is 8.44. The summed E-state index contributed by atoms with van der Waals surface area (Å²) in [6.07, 6.45) is 2.73. The second kappa shape index (κ2) is 4.97. The van der Waals surface area contributed by atoms with Gasteiger partial charge in [0.25, 0.3) is 0 Å². The minimum absolute atomic E-state index is 0.0672. The van der Waals surface area contributed by atoms with Gasteiger partial charge in [-0.3, -0.25) is 0 Å². The number of nitrogens with two attached hydrogens (primary N) is 1. The zero-order chi connectivity index (χ0) is 13.2. The van der Waals surface area contributed by atoms with E-state index < -0.39 is 0 Å². The van der Waals surface area contributed by atoms with Crippen LogP contribution in [0.3, 0.4) is 0 Å². The molecule has 1 aliphatic rings. The number of hydrogen-bond donors (Lipinski definition) is 4. The van der Waals surface area contributed by atoms with Crippen molar-refractivity contribution in [3.63, 3.8) is 0 Å². The molecule has 6 nitrogen and oxygen atoms in total. The van der Waals surface area contributed by atoms with Crippen LogP contribution >= 0.6 is 0 Å². The molecule has 18 heavy (non-hydrogen) atoms. The monoisotopic (exact) mass is 250 g/mol. The van der Waals surface area contributed by atoms with E-state index in [0.29, 0.717) is 23.5 Å². The third-order valence-electron chi connectivity index (χ3n) is 2.71. The van der Waals surface area contributed by atoms with E-state index >= 15 is 0 Å². The second-order valence-electron chi connectivity index (χ2n) is 5.71. The molecular formula is C12H22N6. The lowest BCUT2D eigenvalue weighted by molar-refractivity contribution is 0.626. The molecule has 1 aliphatic heterocycles. The quantitative estimate of drug-likeness (QED) is 0.641. The van der Waals surface area contributed by atoms with E-state index in [1.165, 1.54) is 0 Å². The van der Waals surface area contributed by atoms with Gasteiger partial charge in [-0.1, -0.05) is 0 Å². The van der Waals surface area contributed by atoms with Crippen LogP contribution in [-0.4, -0.2) is 34.6 Å². The Labute approximate surface area is 108 Å². The van der Waals surface area contributed by atoms with Crippen LogP contribution in [0.5, 0.6) is 0 Å². The Kier molecular flexibility index (Phi) is 3.56. The zero-order valence-corrected chi connectivity index (χ0v) is 11.2. The van der Waals surface area contributed by atoms with Crippen molar-refractivity contribution in [3.8, 4) is 0 Å². The fourth-order valence-electron chi connectivity index (χ4n) is 1.87. The van der Waals surface area contributed by atoms with Crippen molar-refractivity contribution in [2.24, 2.45) is 0 Å². The molecule has 100 valence electrons. The average molecular weight is 250 g/mol. The lowest BCUT2D eigenvalue weighted by atomic mass is 10.1. The third-order valence-corrected chi connectivity index (χ3v) is 2.71. The van der Waals surface area contributed by atoms with Gasteiger partial charge in [0.15, 0.2) is 5.82 Å². The van der Waals surface area contributed by atoms with Gasteiger partial charge in [-0.25, -0.2) is 4.98 Å². The molecule has 2 rings (SSSR count). The summed E-state index contributed by atoms with van der Waals surface area (Å²) in [6.45, 7) is 8.20. The lowest BCUT2D eigenvalue weighted by Crippen LogP contribution is -2.28. The molecule has 0 saturated carbocycles. The second-order valence-corrected chi connectivity index (χ2v) is 5.71. The highest BCUT2D eigenvalue weighted by molar-refractivity contribution is 5.62. The molecule has 1 unspecified atom stereocenters. The van der Waals surface area contributed by atoms with Crippen molar-refractivity contribution in [2.75, 3.05) is 29.5 Å². The van der Waals surface area contributed by atoms with Crippen molar-refractivity contribution in [1.82, 2.24) is 15.3 Å². The summed E-state index contributed by atoms with van der Waals surface area (Å²) in [6, 6.07) is 0.393. The number of anilines is 3. The molecule has 1 fully saturated rings. The van der Waals surface area contributed by atoms with E-state index in [0.717, 1.165) is 19.5 Å². The van der Waals surface area contributed by atoms with Gasteiger partial charge in [0, 0.05) is 18.1 Å². The van der Waals surface area contributed by atoms with Gasteiger partial charge in [0.1, 0.15) is 0 Å². The van der Waals surface area contributed by atoms with E-state index in [1.807, 2.05) is 0 Å². The molecule has 0 aliphatic carbocycles. The van der Waals surface area contributed by atoms with E-state index in [9.17, 15) is 0 Å². The first-order valence-corrected chi connectivity index (χ1v) is 6.32. The van der Waals surface area contributed by atoms with Crippen molar-refractivity contribution in [3.05, 3.63) is 6.20 Å². The Hall–Kier alpha value is -1.56. The summed E-state index contributed by atoms with van der Waals surface area (Å²) in [7, 11) is 0. The Morgan fingerprint density at radius 3 is 2.83 bits per heavy atom. The highest BCUT2D eigenvalue weighted by atomic mass is 15.2. The average Bonchev–Trinajstić information content (AvgIpc) is 2.73. The van der Waals surface area contributed by atoms with E-state index in [-0.39, 0.29) is 5.54 Å². The summed E-state index contributed by atoms with van der Waals surface area (Å²) in [5.41, 5.74) is 6.41. The maximum atomic E-state index is 5.90. The maximum absolute atomic E-state index is 5.90. The molecule has 1 aromatic rings. The molecule has 6 heteroatoms. The third kappa shape index (κ3) is 3.46. The number of nitrogens with zero attached hydrogens (tertiary/aromatic N) is 2. The van der Waals surface area contributed by atoms with Crippen LogP contribution < -0.4 is 21.7 Å². The minimum Gasteiger partial charge on any atom is -0.394 e. The predicted molar refractivity (Wildman–Crippen MR) is 74.7 cm³/mol. The van der Waals surface area contributed by atoms with Gasteiger partial charge in [-0.15, -0.1) is 0 Å². The van der Waals surface area contributed by atoms with E-state index in [4.69, 9.17) is 5.73 Å². The molecule has 1 saturated heterocycles. The molecule has 0 amide bonds. The first-order valence-electron chi connectivity index (χ1n) is 6.32. The Morgan fingerprint density at radius 2 is 2.22 bits per heavy atom. The summed E-state index contributed by atoms with van der Waals surface area (Å²) in [5.74, 6) is 1.32. The smallest absolute Gasteiger partial charge is 0.225 e. The van der Waals surface area contributed by atoms with Gasteiger partial charge < -0.3 is 21.7 Å². The summed E-state index contributed by atoms with van der Waals surface area (Å²) in [5, 5.41) is 9.90. The first kappa shape index (κ1) is 12.9. The fourth-order valence-corrected chi connectivity index (χ4v) is 1.87. The number of hydrogen-bond acceptors (Lipinski definition) is 6. The fraction of sp³-hybridized carbons (Fsp3) is 0.667. The van der Waals surface area contributed by atoms with Crippen LogP contribution in [0.1, 0.15) is 27.2 Å². The van der Waals surface area contributed by atoms with Gasteiger partial charge in [0.05, 0.1) is 11.9 Å². The molecule has 1 atom stereocenters. The number of nitrogens with one attached hydrogen (secondary N) is 3.